The Kier molecular flexibility index (Phi) is 4.30. The maximum absolute atomic E-state index is 14.0. The molecule has 4 nitrogen and oxygen atoms in total. The summed E-state index contributed by atoms with van der Waals surface area (Å²) in [5.74, 6) is 0.199. The second-order valence-electron chi connectivity index (χ2n) is 5.11. The normalized spacial score (nSPS) is 12.2. The van der Waals surface area contributed by atoms with Crippen LogP contribution in [-0.2, 0) is 0 Å². The molecule has 0 aliphatic heterocycles. The van der Waals surface area contributed by atoms with Gasteiger partial charge in [-0.1, -0.05) is 29.8 Å². The van der Waals surface area contributed by atoms with Gasteiger partial charge >= 0.3 is 0 Å². The van der Waals surface area contributed by atoms with E-state index in [4.69, 9.17) is 16.3 Å². The molecule has 0 saturated heterocycles. The molecular weight excluding hydrogens is 317 g/mol. The molecule has 0 fully saturated rings. The van der Waals surface area contributed by atoms with E-state index in [-0.39, 0.29) is 11.9 Å². The highest BCUT2D eigenvalue weighted by Crippen LogP contribution is 2.34. The topological polar surface area (TPSA) is 47.0 Å². The Morgan fingerprint density at radius 2 is 2.00 bits per heavy atom. The van der Waals surface area contributed by atoms with E-state index in [1.165, 1.54) is 6.07 Å². The Balaban J connectivity index is 2.05. The monoisotopic (exact) mass is 331 g/mol. The van der Waals surface area contributed by atoms with Gasteiger partial charge in [-0.2, -0.15) is 0 Å². The van der Waals surface area contributed by atoms with Crippen LogP contribution >= 0.6 is 11.6 Å². The van der Waals surface area contributed by atoms with Crippen molar-refractivity contribution in [2.24, 2.45) is 0 Å². The molecule has 0 spiro atoms. The van der Waals surface area contributed by atoms with E-state index in [0.717, 1.165) is 5.39 Å². The summed E-state index contributed by atoms with van der Waals surface area (Å²) in [6.45, 7) is 1.87. The number of aromatic nitrogens is 2. The number of halogens is 2. The first-order chi connectivity index (χ1) is 11.1. The number of fused-ring (bicyclic) bond motifs is 1. The summed E-state index contributed by atoms with van der Waals surface area (Å²) >= 11 is 6.29. The number of pyridine rings is 2. The van der Waals surface area contributed by atoms with Crippen LogP contribution in [-0.4, -0.2) is 17.1 Å². The van der Waals surface area contributed by atoms with Gasteiger partial charge in [0.25, 0.3) is 0 Å². The van der Waals surface area contributed by atoms with Gasteiger partial charge in [0.15, 0.2) is 0 Å². The molecule has 0 saturated carbocycles. The third kappa shape index (κ3) is 3.05. The molecule has 0 aliphatic carbocycles. The highest BCUT2D eigenvalue weighted by atomic mass is 35.5. The molecular formula is C17H15ClFN3O. The molecule has 2 aromatic heterocycles. The second kappa shape index (κ2) is 6.38. The average Bonchev–Trinajstić information content (AvgIpc) is 2.57. The number of hydrogen-bond acceptors (Lipinski definition) is 4. The minimum Gasteiger partial charge on any atom is -0.481 e. The zero-order chi connectivity index (χ0) is 16.4. The number of hydrogen-bond donors (Lipinski definition) is 1. The Labute approximate surface area is 138 Å². The van der Waals surface area contributed by atoms with Crippen LogP contribution in [0.3, 0.4) is 0 Å². The van der Waals surface area contributed by atoms with Crippen LogP contribution in [0.2, 0.25) is 5.02 Å². The highest BCUT2D eigenvalue weighted by molar-refractivity contribution is 6.34. The number of ether oxygens (including phenoxy) is 1. The van der Waals surface area contributed by atoms with Crippen molar-refractivity contribution in [1.82, 2.24) is 9.97 Å². The number of nitrogens with zero attached hydrogens (tertiary/aromatic N) is 2. The molecule has 1 atom stereocenters. The summed E-state index contributed by atoms with van der Waals surface area (Å²) in [6.07, 6.45) is 3.16. The molecule has 0 amide bonds. The van der Waals surface area contributed by atoms with Crippen molar-refractivity contribution in [2.75, 3.05) is 12.4 Å². The van der Waals surface area contributed by atoms with Gasteiger partial charge in [-0.25, -0.2) is 9.37 Å². The van der Waals surface area contributed by atoms with Gasteiger partial charge in [-0.3, -0.25) is 4.98 Å². The number of anilines is 1. The van der Waals surface area contributed by atoms with E-state index in [1.807, 2.05) is 6.92 Å². The average molecular weight is 332 g/mol. The van der Waals surface area contributed by atoms with Gasteiger partial charge in [0.2, 0.25) is 5.88 Å². The second-order valence-corrected chi connectivity index (χ2v) is 5.52. The number of methoxy groups -OCH3 is 1. The Morgan fingerprint density at radius 3 is 2.74 bits per heavy atom. The fourth-order valence-electron chi connectivity index (χ4n) is 2.43. The molecule has 6 heteroatoms. The summed E-state index contributed by atoms with van der Waals surface area (Å²) < 4.78 is 19.1. The lowest BCUT2D eigenvalue weighted by Gasteiger charge is -2.19. The Morgan fingerprint density at radius 1 is 1.22 bits per heavy atom. The summed E-state index contributed by atoms with van der Waals surface area (Å²) in [5.41, 5.74) is 1.92. The van der Waals surface area contributed by atoms with Crippen molar-refractivity contribution in [1.29, 1.82) is 0 Å². The fraction of sp³-hybridized carbons (Fsp3) is 0.176. The Bertz CT molecular complexity index is 856. The zero-order valence-corrected chi connectivity index (χ0v) is 13.4. The molecule has 0 aliphatic rings. The summed E-state index contributed by atoms with van der Waals surface area (Å²) in [7, 11) is 1.54. The number of rotatable bonds is 4. The predicted octanol–water partition coefficient (Wildman–Crippen LogP) is 4.60. The van der Waals surface area contributed by atoms with Gasteiger partial charge in [0.1, 0.15) is 5.82 Å². The number of nitrogens with one attached hydrogen (secondary N) is 1. The molecule has 1 N–H and O–H groups in total. The molecule has 23 heavy (non-hydrogen) atoms. The van der Waals surface area contributed by atoms with Crippen LogP contribution in [0.5, 0.6) is 5.88 Å². The predicted molar refractivity (Wildman–Crippen MR) is 89.5 cm³/mol. The van der Waals surface area contributed by atoms with Crippen molar-refractivity contribution in [3.63, 3.8) is 0 Å². The largest absolute Gasteiger partial charge is 0.481 e. The molecule has 3 aromatic rings. The van der Waals surface area contributed by atoms with E-state index in [1.54, 1.807) is 43.8 Å². The van der Waals surface area contributed by atoms with Crippen LogP contribution in [0.1, 0.15) is 18.5 Å². The first-order valence-corrected chi connectivity index (χ1v) is 7.47. The van der Waals surface area contributed by atoms with Crippen molar-refractivity contribution in [2.45, 2.75) is 13.0 Å². The van der Waals surface area contributed by atoms with Crippen LogP contribution < -0.4 is 10.1 Å². The first-order valence-electron chi connectivity index (χ1n) is 7.09. The standard InChI is InChI=1S/C17H15ClFN3O/c1-10(11-5-3-4-6-14(11)19)22-17-12-7-16(23-2)21-9-15(12)20-8-13(17)18/h3-10H,1-2H3,(H,20,22). The molecule has 1 aromatic carbocycles. The van der Waals surface area contributed by atoms with E-state index in [0.29, 0.717) is 27.7 Å². The Hall–Kier alpha value is -2.40. The lowest BCUT2D eigenvalue weighted by molar-refractivity contribution is 0.398. The summed E-state index contributed by atoms with van der Waals surface area (Å²) in [4.78, 5) is 8.38. The lowest BCUT2D eigenvalue weighted by atomic mass is 10.1. The van der Waals surface area contributed by atoms with E-state index in [9.17, 15) is 4.39 Å². The van der Waals surface area contributed by atoms with E-state index >= 15 is 0 Å². The number of benzene rings is 1. The minimum atomic E-state index is -0.265. The van der Waals surface area contributed by atoms with Gasteiger partial charge in [-0.05, 0) is 13.0 Å². The molecule has 2 heterocycles. The molecule has 1 unspecified atom stereocenters. The van der Waals surface area contributed by atoms with E-state index in [2.05, 4.69) is 15.3 Å². The quantitative estimate of drug-likeness (QED) is 0.758. The minimum absolute atomic E-state index is 0.263. The highest BCUT2D eigenvalue weighted by Gasteiger charge is 2.15. The smallest absolute Gasteiger partial charge is 0.213 e. The maximum Gasteiger partial charge on any atom is 0.213 e. The van der Waals surface area contributed by atoms with Crippen molar-refractivity contribution in [3.05, 3.63) is 59.1 Å². The van der Waals surface area contributed by atoms with Crippen molar-refractivity contribution >= 4 is 28.2 Å². The molecule has 118 valence electrons. The van der Waals surface area contributed by atoms with Gasteiger partial charge in [0, 0.05) is 23.2 Å². The lowest BCUT2D eigenvalue weighted by Crippen LogP contribution is -2.09. The van der Waals surface area contributed by atoms with Gasteiger partial charge < -0.3 is 10.1 Å². The van der Waals surface area contributed by atoms with Gasteiger partial charge in [0.05, 0.1) is 35.6 Å². The van der Waals surface area contributed by atoms with Crippen LogP contribution in [0, 0.1) is 5.82 Å². The van der Waals surface area contributed by atoms with Gasteiger partial charge in [-0.15, -0.1) is 0 Å². The first kappa shape index (κ1) is 15.5. The van der Waals surface area contributed by atoms with E-state index < -0.39 is 0 Å². The van der Waals surface area contributed by atoms with Crippen LogP contribution in [0.4, 0.5) is 10.1 Å². The van der Waals surface area contributed by atoms with Crippen molar-refractivity contribution < 1.29 is 9.13 Å². The molecule has 3 rings (SSSR count). The fourth-order valence-corrected chi connectivity index (χ4v) is 2.64. The third-order valence-electron chi connectivity index (χ3n) is 3.62. The maximum atomic E-state index is 14.0. The SMILES string of the molecule is COc1cc2c(NC(C)c3ccccc3F)c(Cl)cnc2cn1. The summed E-state index contributed by atoms with van der Waals surface area (Å²) in [6, 6.07) is 8.13. The molecule has 0 bridgehead atoms. The van der Waals surface area contributed by atoms with Crippen LogP contribution in [0.25, 0.3) is 10.9 Å². The van der Waals surface area contributed by atoms with Crippen molar-refractivity contribution in [3.8, 4) is 5.88 Å². The van der Waals surface area contributed by atoms with Crippen LogP contribution in [0.15, 0.2) is 42.7 Å². The summed E-state index contributed by atoms with van der Waals surface area (Å²) in [5, 5.41) is 4.49. The zero-order valence-electron chi connectivity index (χ0n) is 12.7. The third-order valence-corrected chi connectivity index (χ3v) is 3.91. The molecule has 0 radical (unpaired) electrons.